The van der Waals surface area contributed by atoms with E-state index in [0.717, 1.165) is 6.42 Å². The Balaban J connectivity index is 1.93. The molecule has 0 spiro atoms. The Labute approximate surface area is 157 Å². The third-order valence-corrected chi connectivity index (χ3v) is 4.97. The first-order chi connectivity index (χ1) is 12.2. The van der Waals surface area contributed by atoms with Crippen LogP contribution in [0.3, 0.4) is 0 Å². The summed E-state index contributed by atoms with van der Waals surface area (Å²) < 4.78 is 24.2. The summed E-state index contributed by atoms with van der Waals surface area (Å²) in [5.41, 5.74) is 1.17. The zero-order valence-corrected chi connectivity index (χ0v) is 16.7. The van der Waals surface area contributed by atoms with Crippen LogP contribution in [0.5, 0.6) is 5.75 Å². The highest BCUT2D eigenvalue weighted by Gasteiger charge is 2.01. The van der Waals surface area contributed by atoms with Crippen molar-refractivity contribution in [3.05, 3.63) is 29.8 Å². The summed E-state index contributed by atoms with van der Waals surface area (Å²) in [4.78, 5) is 0. The van der Waals surface area contributed by atoms with E-state index in [9.17, 15) is 4.21 Å². The lowest BCUT2D eigenvalue weighted by Gasteiger charge is -2.05. The Bertz CT molecular complexity index is 462. The van der Waals surface area contributed by atoms with E-state index in [4.69, 9.17) is 8.74 Å². The molecule has 0 saturated carbocycles. The van der Waals surface area contributed by atoms with Crippen LogP contribution < -0.4 is 4.18 Å². The second-order valence-electron chi connectivity index (χ2n) is 6.94. The van der Waals surface area contributed by atoms with Crippen molar-refractivity contribution < 1.29 is 12.9 Å². The van der Waals surface area contributed by atoms with Gasteiger partial charge in [0.05, 0.1) is 0 Å². The maximum absolute atomic E-state index is 10.7. The van der Waals surface area contributed by atoms with Crippen molar-refractivity contribution >= 4 is 11.4 Å². The smallest absolute Gasteiger partial charge is 0.357 e. The molecular formula is C21H36O3S. The number of hydrogen-bond acceptors (Lipinski definition) is 2. The molecule has 1 aromatic rings. The molecule has 0 aliphatic heterocycles. The predicted octanol–water partition coefficient (Wildman–Crippen LogP) is 6.84. The molecule has 1 N–H and O–H groups in total. The monoisotopic (exact) mass is 368 g/mol. The van der Waals surface area contributed by atoms with Gasteiger partial charge in [-0.1, -0.05) is 96.1 Å². The molecule has 0 fully saturated rings. The van der Waals surface area contributed by atoms with Gasteiger partial charge < -0.3 is 4.18 Å². The van der Waals surface area contributed by atoms with Crippen molar-refractivity contribution in [1.82, 2.24) is 0 Å². The maximum Gasteiger partial charge on any atom is 0.357 e. The number of hydrogen-bond donors (Lipinski definition) is 1. The summed E-state index contributed by atoms with van der Waals surface area (Å²) in [6, 6.07) is 7.49. The Morgan fingerprint density at radius 3 is 1.88 bits per heavy atom. The third-order valence-electron chi connectivity index (χ3n) is 4.63. The Morgan fingerprint density at radius 2 is 1.36 bits per heavy atom. The minimum atomic E-state index is -2.24. The molecule has 0 bridgehead atoms. The summed E-state index contributed by atoms with van der Waals surface area (Å²) in [6.07, 6.45) is 18.7. The van der Waals surface area contributed by atoms with E-state index in [1.54, 1.807) is 6.07 Å². The van der Waals surface area contributed by atoms with E-state index in [2.05, 4.69) is 6.92 Å². The van der Waals surface area contributed by atoms with Crippen LogP contribution in [-0.2, 0) is 17.8 Å². The third kappa shape index (κ3) is 13.1. The average Bonchev–Trinajstić information content (AvgIpc) is 2.59. The molecule has 144 valence electrons. The average molecular weight is 369 g/mol. The van der Waals surface area contributed by atoms with Gasteiger partial charge in [0.25, 0.3) is 0 Å². The molecule has 1 rings (SSSR count). The molecule has 25 heavy (non-hydrogen) atoms. The highest BCUT2D eigenvalue weighted by atomic mass is 32.2. The van der Waals surface area contributed by atoms with Gasteiger partial charge in [-0.3, -0.25) is 4.55 Å². The van der Waals surface area contributed by atoms with E-state index in [1.165, 1.54) is 89.0 Å². The fraction of sp³-hybridized carbons (Fsp3) is 0.714. The first-order valence-electron chi connectivity index (χ1n) is 10.1. The van der Waals surface area contributed by atoms with Crippen LogP contribution >= 0.6 is 0 Å². The Kier molecular flexibility index (Phi) is 13.6. The molecule has 0 heterocycles. The van der Waals surface area contributed by atoms with Gasteiger partial charge in [-0.15, -0.1) is 0 Å². The van der Waals surface area contributed by atoms with E-state index >= 15 is 0 Å². The molecule has 0 aliphatic rings. The molecule has 4 heteroatoms. The first-order valence-corrected chi connectivity index (χ1v) is 11.1. The van der Waals surface area contributed by atoms with Gasteiger partial charge in [-0.2, -0.15) is 4.21 Å². The van der Waals surface area contributed by atoms with Crippen LogP contribution in [0.4, 0.5) is 0 Å². The van der Waals surface area contributed by atoms with Gasteiger partial charge in [0.15, 0.2) is 0 Å². The molecular weight excluding hydrogens is 332 g/mol. The number of unbranched alkanes of at least 4 members (excludes halogenated alkanes) is 12. The summed E-state index contributed by atoms with van der Waals surface area (Å²) in [5, 5.41) is 0. The molecule has 3 nitrogen and oxygen atoms in total. The quantitative estimate of drug-likeness (QED) is 0.257. The normalized spacial score (nSPS) is 12.2. The van der Waals surface area contributed by atoms with Crippen molar-refractivity contribution in [3.8, 4) is 5.75 Å². The van der Waals surface area contributed by atoms with Crippen molar-refractivity contribution in [2.45, 2.75) is 96.8 Å². The molecule has 1 aromatic carbocycles. The van der Waals surface area contributed by atoms with E-state index in [0.29, 0.717) is 5.75 Å². The minimum absolute atomic E-state index is 0.466. The van der Waals surface area contributed by atoms with Crippen molar-refractivity contribution in [2.24, 2.45) is 0 Å². The Hall–Kier alpha value is -0.870. The standard InChI is InChI=1S/C21H36O3S/c1-2-3-4-5-6-7-8-9-10-11-12-13-14-16-20-17-15-18-21(19-20)24-25(22)23/h15,17-19H,2-14,16H2,1H3,(H,22,23). The van der Waals surface area contributed by atoms with E-state index in [-0.39, 0.29) is 0 Å². The van der Waals surface area contributed by atoms with Crippen LogP contribution in [-0.4, -0.2) is 8.76 Å². The largest absolute Gasteiger partial charge is 0.380 e. The van der Waals surface area contributed by atoms with Gasteiger partial charge in [-0.25, -0.2) is 0 Å². The highest BCUT2D eigenvalue weighted by Crippen LogP contribution is 2.17. The molecule has 1 atom stereocenters. The second-order valence-corrected chi connectivity index (χ2v) is 7.54. The topological polar surface area (TPSA) is 46.5 Å². The molecule has 0 aliphatic carbocycles. The summed E-state index contributed by atoms with van der Waals surface area (Å²) >= 11 is -2.24. The minimum Gasteiger partial charge on any atom is -0.380 e. The van der Waals surface area contributed by atoms with Crippen LogP contribution in [0.1, 0.15) is 96.0 Å². The number of rotatable bonds is 16. The molecule has 1 unspecified atom stereocenters. The fourth-order valence-electron chi connectivity index (χ4n) is 3.18. The first kappa shape index (κ1) is 22.2. The van der Waals surface area contributed by atoms with Gasteiger partial charge in [0, 0.05) is 0 Å². The van der Waals surface area contributed by atoms with Gasteiger partial charge in [-0.05, 0) is 30.5 Å². The Morgan fingerprint density at radius 1 is 0.840 bits per heavy atom. The SMILES string of the molecule is CCCCCCCCCCCCCCCc1cccc(OS(=O)O)c1. The van der Waals surface area contributed by atoms with Gasteiger partial charge >= 0.3 is 11.4 Å². The van der Waals surface area contributed by atoms with Crippen molar-refractivity contribution in [1.29, 1.82) is 0 Å². The second kappa shape index (κ2) is 15.4. The van der Waals surface area contributed by atoms with Crippen molar-refractivity contribution in [3.63, 3.8) is 0 Å². The summed E-state index contributed by atoms with van der Waals surface area (Å²) in [6.45, 7) is 2.27. The predicted molar refractivity (Wildman–Crippen MR) is 107 cm³/mol. The van der Waals surface area contributed by atoms with Crippen LogP contribution in [0.2, 0.25) is 0 Å². The molecule has 0 aromatic heterocycles. The number of aryl methyl sites for hydroxylation is 1. The maximum atomic E-state index is 10.7. The van der Waals surface area contributed by atoms with Crippen LogP contribution in [0, 0.1) is 0 Å². The number of benzene rings is 1. The zero-order valence-electron chi connectivity index (χ0n) is 15.9. The van der Waals surface area contributed by atoms with Gasteiger partial charge in [0.1, 0.15) is 5.75 Å². The lowest BCUT2D eigenvalue weighted by molar-refractivity contribution is 0.457. The van der Waals surface area contributed by atoms with Gasteiger partial charge in [0.2, 0.25) is 0 Å². The summed E-state index contributed by atoms with van der Waals surface area (Å²) in [5.74, 6) is 0.466. The lowest BCUT2D eigenvalue weighted by Crippen LogP contribution is -1.97. The molecule has 0 amide bonds. The van der Waals surface area contributed by atoms with Crippen LogP contribution in [0.25, 0.3) is 0 Å². The van der Waals surface area contributed by atoms with E-state index < -0.39 is 11.4 Å². The van der Waals surface area contributed by atoms with Crippen LogP contribution in [0.15, 0.2) is 24.3 Å². The summed E-state index contributed by atoms with van der Waals surface area (Å²) in [7, 11) is 0. The van der Waals surface area contributed by atoms with Crippen molar-refractivity contribution in [2.75, 3.05) is 0 Å². The zero-order chi connectivity index (χ0) is 18.2. The van der Waals surface area contributed by atoms with E-state index in [1.807, 2.05) is 18.2 Å². The molecule has 0 radical (unpaired) electrons. The lowest BCUT2D eigenvalue weighted by atomic mass is 10.0. The molecule has 0 saturated heterocycles. The fourth-order valence-corrected chi connectivity index (χ4v) is 3.45. The highest BCUT2D eigenvalue weighted by molar-refractivity contribution is 7.74.